The molecule has 1 nitrogen and oxygen atoms in total. The fraction of sp³-hybridized carbons (Fsp3) is 0.0698. The molecule has 0 N–H and O–H groups in total. The van der Waals surface area contributed by atoms with Gasteiger partial charge in [0.15, 0.2) is 0 Å². The monoisotopic (exact) mass is 559 g/mol. The molecule has 206 valence electrons. The summed E-state index contributed by atoms with van der Waals surface area (Å²) in [5.41, 5.74) is 14.2. The molecule has 2 aliphatic rings. The van der Waals surface area contributed by atoms with E-state index in [-0.39, 0.29) is 5.41 Å². The first-order valence-corrected chi connectivity index (χ1v) is 15.5. The smallest absolute Gasteiger partial charge is 0.0468 e. The predicted octanol–water partition coefficient (Wildman–Crippen LogP) is 12.0. The van der Waals surface area contributed by atoms with Crippen LogP contribution in [-0.2, 0) is 5.41 Å². The van der Waals surface area contributed by atoms with Crippen LogP contribution >= 0.6 is 0 Å². The molecule has 44 heavy (non-hydrogen) atoms. The van der Waals surface area contributed by atoms with Crippen molar-refractivity contribution in [3.05, 3.63) is 151 Å². The lowest BCUT2D eigenvalue weighted by atomic mass is 9.82. The van der Waals surface area contributed by atoms with Crippen molar-refractivity contribution in [1.82, 2.24) is 0 Å². The van der Waals surface area contributed by atoms with Gasteiger partial charge in [0.05, 0.1) is 0 Å². The van der Waals surface area contributed by atoms with E-state index in [0.717, 1.165) is 5.69 Å². The fourth-order valence-corrected chi connectivity index (χ4v) is 8.27. The Morgan fingerprint density at radius 2 is 1.02 bits per heavy atom. The molecule has 0 saturated heterocycles. The third-order valence-electron chi connectivity index (χ3n) is 10.3. The molecule has 0 amide bonds. The molecule has 0 spiro atoms. The molecular weight excluding hydrogens is 530 g/mol. The van der Waals surface area contributed by atoms with Crippen LogP contribution in [0.25, 0.3) is 65.7 Å². The van der Waals surface area contributed by atoms with Crippen LogP contribution < -0.4 is 4.90 Å². The molecule has 1 heteroatoms. The first kappa shape index (κ1) is 24.1. The minimum absolute atomic E-state index is 0.0590. The first-order valence-electron chi connectivity index (χ1n) is 15.5. The number of rotatable bonds is 3. The highest BCUT2D eigenvalue weighted by atomic mass is 15.1. The maximum Gasteiger partial charge on any atom is 0.0468 e. The van der Waals surface area contributed by atoms with Gasteiger partial charge in [-0.3, -0.25) is 0 Å². The number of anilines is 3. The summed E-state index contributed by atoms with van der Waals surface area (Å²) in [6.45, 7) is 4.71. The fourth-order valence-electron chi connectivity index (χ4n) is 8.27. The van der Waals surface area contributed by atoms with Gasteiger partial charge in [0.2, 0.25) is 0 Å². The Hall–Kier alpha value is -5.40. The second-order valence-electron chi connectivity index (χ2n) is 13.0. The molecule has 8 aromatic carbocycles. The first-order chi connectivity index (χ1) is 21.6. The number of nitrogens with zero attached hydrogens (tertiary/aromatic N) is 1. The summed E-state index contributed by atoms with van der Waals surface area (Å²) in [6.07, 6.45) is 0. The van der Waals surface area contributed by atoms with Gasteiger partial charge in [0, 0.05) is 22.5 Å². The molecule has 0 radical (unpaired) electrons. The van der Waals surface area contributed by atoms with Gasteiger partial charge in [0.25, 0.3) is 0 Å². The van der Waals surface area contributed by atoms with E-state index in [0.29, 0.717) is 0 Å². The van der Waals surface area contributed by atoms with Crippen LogP contribution in [0.4, 0.5) is 17.1 Å². The van der Waals surface area contributed by atoms with Crippen molar-refractivity contribution in [1.29, 1.82) is 0 Å². The summed E-state index contributed by atoms with van der Waals surface area (Å²) >= 11 is 0. The minimum Gasteiger partial charge on any atom is -0.310 e. The molecule has 0 fully saturated rings. The largest absolute Gasteiger partial charge is 0.310 e. The zero-order chi connectivity index (χ0) is 29.2. The van der Waals surface area contributed by atoms with Gasteiger partial charge in [0.1, 0.15) is 0 Å². The SMILES string of the molecule is CC1(C)c2ccccc2-c2ccc(N(c3ccccc3)c3ccc4c(c3)-c3cc5cccc6ccc7ccc-4c3c7c65)cc21. The highest BCUT2D eigenvalue weighted by molar-refractivity contribution is 6.32. The van der Waals surface area contributed by atoms with Crippen molar-refractivity contribution in [3.63, 3.8) is 0 Å². The van der Waals surface area contributed by atoms with Crippen molar-refractivity contribution in [2.75, 3.05) is 4.90 Å². The molecule has 0 aliphatic heterocycles. The maximum atomic E-state index is 2.43. The number of hydrogen-bond donors (Lipinski definition) is 0. The van der Waals surface area contributed by atoms with Crippen molar-refractivity contribution in [2.45, 2.75) is 19.3 Å². The van der Waals surface area contributed by atoms with Crippen molar-refractivity contribution < 1.29 is 0 Å². The van der Waals surface area contributed by atoms with Crippen LogP contribution in [0.5, 0.6) is 0 Å². The molecule has 0 bridgehead atoms. The Kier molecular flexibility index (Phi) is 4.58. The Morgan fingerprint density at radius 3 is 1.89 bits per heavy atom. The Balaban J connectivity index is 1.20. The molecule has 8 aromatic rings. The normalized spacial score (nSPS) is 13.9. The molecule has 0 unspecified atom stereocenters. The molecule has 0 aromatic heterocycles. The Morgan fingerprint density at radius 1 is 0.364 bits per heavy atom. The Bertz CT molecular complexity index is 2470. The van der Waals surface area contributed by atoms with Crippen LogP contribution in [-0.4, -0.2) is 0 Å². The van der Waals surface area contributed by atoms with Crippen molar-refractivity contribution in [2.24, 2.45) is 0 Å². The van der Waals surface area contributed by atoms with E-state index in [1.165, 1.54) is 88.2 Å². The van der Waals surface area contributed by atoms with Gasteiger partial charge in [-0.25, -0.2) is 0 Å². The van der Waals surface area contributed by atoms with Crippen LogP contribution in [0.3, 0.4) is 0 Å². The van der Waals surface area contributed by atoms with E-state index < -0.39 is 0 Å². The predicted molar refractivity (Wildman–Crippen MR) is 187 cm³/mol. The van der Waals surface area contributed by atoms with E-state index >= 15 is 0 Å². The summed E-state index contributed by atoms with van der Waals surface area (Å²) in [5.74, 6) is 0. The van der Waals surface area contributed by atoms with Crippen LogP contribution in [0.15, 0.2) is 140 Å². The highest BCUT2D eigenvalue weighted by Crippen LogP contribution is 2.54. The Labute approximate surface area is 257 Å². The van der Waals surface area contributed by atoms with Gasteiger partial charge in [-0.15, -0.1) is 0 Å². The standard InChI is InChI=1S/C43H29N/c1-43(2)38-14-7-6-13-33(38)34-22-19-31(25-39(34)43)44(29-11-4-3-5-12-29)30-18-21-32-35-20-17-27-16-15-26-9-8-10-28-23-37(36(32)24-30)42(35)41(27)40(26)28/h3-25H,1-2H3. The van der Waals surface area contributed by atoms with Crippen molar-refractivity contribution in [3.8, 4) is 33.4 Å². The van der Waals surface area contributed by atoms with E-state index in [1.54, 1.807) is 0 Å². The summed E-state index contributed by atoms with van der Waals surface area (Å²) < 4.78 is 0. The maximum absolute atomic E-state index is 2.43. The van der Waals surface area contributed by atoms with Crippen LogP contribution in [0.2, 0.25) is 0 Å². The summed E-state index contributed by atoms with van der Waals surface area (Å²) in [6, 6.07) is 52.1. The topological polar surface area (TPSA) is 3.24 Å². The average Bonchev–Trinajstić information content (AvgIpc) is 3.50. The average molecular weight is 560 g/mol. The summed E-state index contributed by atoms with van der Waals surface area (Å²) in [5, 5.41) is 8.10. The third-order valence-corrected chi connectivity index (χ3v) is 10.3. The minimum atomic E-state index is -0.0590. The number of para-hydroxylation sites is 1. The van der Waals surface area contributed by atoms with Gasteiger partial charge >= 0.3 is 0 Å². The van der Waals surface area contributed by atoms with Crippen LogP contribution in [0, 0.1) is 0 Å². The number of hydrogen-bond acceptors (Lipinski definition) is 1. The molecule has 0 saturated carbocycles. The quantitative estimate of drug-likeness (QED) is 0.195. The molecule has 2 aliphatic carbocycles. The number of benzene rings is 8. The van der Waals surface area contributed by atoms with Crippen LogP contribution in [0.1, 0.15) is 25.0 Å². The third kappa shape index (κ3) is 3.04. The zero-order valence-electron chi connectivity index (χ0n) is 24.7. The van der Waals surface area contributed by atoms with Gasteiger partial charge in [-0.05, 0) is 119 Å². The van der Waals surface area contributed by atoms with Crippen molar-refractivity contribution >= 4 is 49.4 Å². The lowest BCUT2D eigenvalue weighted by Crippen LogP contribution is -2.16. The lowest BCUT2D eigenvalue weighted by molar-refractivity contribution is 0.660. The molecule has 0 heterocycles. The lowest BCUT2D eigenvalue weighted by Gasteiger charge is -2.28. The zero-order valence-corrected chi connectivity index (χ0v) is 24.7. The van der Waals surface area contributed by atoms with E-state index in [9.17, 15) is 0 Å². The van der Waals surface area contributed by atoms with Gasteiger partial charge < -0.3 is 4.90 Å². The summed E-state index contributed by atoms with van der Waals surface area (Å²) in [4.78, 5) is 2.43. The summed E-state index contributed by atoms with van der Waals surface area (Å²) in [7, 11) is 0. The van der Waals surface area contributed by atoms with Gasteiger partial charge in [-0.1, -0.05) is 111 Å². The highest BCUT2D eigenvalue weighted by Gasteiger charge is 2.36. The van der Waals surface area contributed by atoms with E-state index in [4.69, 9.17) is 0 Å². The second-order valence-corrected chi connectivity index (χ2v) is 13.0. The van der Waals surface area contributed by atoms with E-state index in [1.807, 2.05) is 0 Å². The van der Waals surface area contributed by atoms with Gasteiger partial charge in [-0.2, -0.15) is 0 Å². The number of fused-ring (bicyclic) bond motifs is 6. The molecular formula is C43H29N. The second kappa shape index (κ2) is 8.36. The van der Waals surface area contributed by atoms with E-state index in [2.05, 4.69) is 158 Å². The molecule has 0 atom stereocenters. The molecule has 10 rings (SSSR count).